The lowest BCUT2D eigenvalue weighted by atomic mass is 10.1. The molecule has 3 rings (SSSR count). The summed E-state index contributed by atoms with van der Waals surface area (Å²) in [6.45, 7) is 1.77. The fraction of sp³-hybridized carbons (Fsp3) is 0.190. The van der Waals surface area contributed by atoms with Crippen molar-refractivity contribution in [2.75, 3.05) is 7.11 Å². The van der Waals surface area contributed by atoms with Crippen LogP contribution in [0.5, 0.6) is 5.75 Å². The molecular formula is C21H20N2O5. The highest BCUT2D eigenvalue weighted by molar-refractivity contribution is 6.03. The Hall–Kier alpha value is -3.61. The molecule has 1 unspecified atom stereocenters. The first-order chi connectivity index (χ1) is 13.5. The van der Waals surface area contributed by atoms with Crippen molar-refractivity contribution in [3.63, 3.8) is 0 Å². The summed E-state index contributed by atoms with van der Waals surface area (Å²) >= 11 is 0. The minimum atomic E-state index is -1.01. The fourth-order valence-electron chi connectivity index (χ4n) is 2.73. The number of amides is 1. The molecule has 1 heterocycles. The van der Waals surface area contributed by atoms with Gasteiger partial charge in [0, 0.05) is 23.5 Å². The molecule has 3 aromatic rings. The lowest BCUT2D eigenvalue weighted by Gasteiger charge is -2.14. The number of para-hydroxylation sites is 1. The Bertz CT molecular complexity index is 1060. The minimum Gasteiger partial charge on any atom is -0.497 e. The Balaban J connectivity index is 1.65. The average Bonchev–Trinajstić information content (AvgIpc) is 2.71. The molecule has 1 amide bonds. The largest absolute Gasteiger partial charge is 0.497 e. The van der Waals surface area contributed by atoms with E-state index in [0.717, 1.165) is 11.3 Å². The first-order valence-electron chi connectivity index (χ1n) is 8.71. The number of hydrogen-bond acceptors (Lipinski definition) is 5. The van der Waals surface area contributed by atoms with Gasteiger partial charge < -0.3 is 19.8 Å². The van der Waals surface area contributed by atoms with Crippen LogP contribution in [0.4, 0.5) is 0 Å². The van der Waals surface area contributed by atoms with Gasteiger partial charge in [-0.15, -0.1) is 0 Å². The number of carbonyl (C=O) groups excluding carboxylic acids is 2. The normalized spacial score (nSPS) is 11.6. The molecule has 0 fully saturated rings. The van der Waals surface area contributed by atoms with Crippen molar-refractivity contribution in [1.29, 1.82) is 0 Å². The molecule has 1 atom stereocenters. The maximum atomic E-state index is 12.5. The van der Waals surface area contributed by atoms with Gasteiger partial charge in [-0.3, -0.25) is 9.59 Å². The van der Waals surface area contributed by atoms with Crippen molar-refractivity contribution in [1.82, 2.24) is 10.3 Å². The van der Waals surface area contributed by atoms with Gasteiger partial charge in [-0.2, -0.15) is 0 Å². The maximum Gasteiger partial charge on any atom is 0.339 e. The molecular weight excluding hydrogens is 360 g/mol. The fourth-order valence-corrected chi connectivity index (χ4v) is 2.73. The number of aromatic nitrogens is 1. The summed E-state index contributed by atoms with van der Waals surface area (Å²) in [5, 5.41) is 3.27. The van der Waals surface area contributed by atoms with Crippen LogP contribution in [0.2, 0.25) is 0 Å². The summed E-state index contributed by atoms with van der Waals surface area (Å²) in [7, 11) is 1.58. The SMILES string of the molecule is COc1ccc(CNC(=O)C(C)OC(=O)c2cc(=O)[nH]c3ccccc23)cc1. The number of hydrogen-bond donors (Lipinski definition) is 2. The third-order valence-corrected chi connectivity index (χ3v) is 4.25. The first kappa shape index (κ1) is 19.2. The highest BCUT2D eigenvalue weighted by Gasteiger charge is 2.20. The predicted octanol–water partition coefficient (Wildman–Crippen LogP) is 2.40. The molecule has 7 heteroatoms. The molecule has 0 saturated carbocycles. The van der Waals surface area contributed by atoms with Crippen molar-refractivity contribution in [3.8, 4) is 5.75 Å². The number of nitrogens with one attached hydrogen (secondary N) is 2. The van der Waals surface area contributed by atoms with Gasteiger partial charge in [0.15, 0.2) is 6.10 Å². The topological polar surface area (TPSA) is 97.5 Å². The van der Waals surface area contributed by atoms with E-state index in [-0.39, 0.29) is 5.56 Å². The van der Waals surface area contributed by atoms with Crippen molar-refractivity contribution >= 4 is 22.8 Å². The van der Waals surface area contributed by atoms with E-state index in [4.69, 9.17) is 9.47 Å². The zero-order chi connectivity index (χ0) is 20.1. The first-order valence-corrected chi connectivity index (χ1v) is 8.71. The molecule has 144 valence electrons. The van der Waals surface area contributed by atoms with Gasteiger partial charge in [0.2, 0.25) is 5.56 Å². The second-order valence-corrected chi connectivity index (χ2v) is 6.21. The van der Waals surface area contributed by atoms with Gasteiger partial charge in [-0.05, 0) is 30.7 Å². The van der Waals surface area contributed by atoms with Crippen LogP contribution in [0, 0.1) is 0 Å². The second kappa shape index (κ2) is 8.39. The molecule has 1 aromatic heterocycles. The Kier molecular flexibility index (Phi) is 5.74. The number of rotatable bonds is 6. The number of esters is 1. The van der Waals surface area contributed by atoms with E-state index in [0.29, 0.717) is 17.4 Å². The Morgan fingerprint density at radius 1 is 1.11 bits per heavy atom. The predicted molar refractivity (Wildman–Crippen MR) is 104 cm³/mol. The standard InChI is InChI=1S/C21H20N2O5/c1-13(20(25)22-12-14-7-9-15(27-2)10-8-14)28-21(26)17-11-19(24)23-18-6-4-3-5-16(17)18/h3-11,13H,12H2,1-2H3,(H,22,25)(H,23,24). The number of benzene rings is 2. The lowest BCUT2D eigenvalue weighted by Crippen LogP contribution is -2.35. The molecule has 2 N–H and O–H groups in total. The van der Waals surface area contributed by atoms with E-state index < -0.39 is 23.5 Å². The molecule has 0 aliphatic carbocycles. The summed E-state index contributed by atoms with van der Waals surface area (Å²) in [4.78, 5) is 39.2. The Labute approximate surface area is 161 Å². The zero-order valence-electron chi connectivity index (χ0n) is 15.5. The van der Waals surface area contributed by atoms with Gasteiger partial charge in [0.05, 0.1) is 12.7 Å². The molecule has 0 radical (unpaired) electrons. The number of pyridine rings is 1. The average molecular weight is 380 g/mol. The van der Waals surface area contributed by atoms with Crippen LogP contribution in [0.1, 0.15) is 22.8 Å². The third kappa shape index (κ3) is 4.37. The van der Waals surface area contributed by atoms with Crippen molar-refractivity contribution in [2.24, 2.45) is 0 Å². The van der Waals surface area contributed by atoms with Crippen LogP contribution in [0.3, 0.4) is 0 Å². The summed E-state index contributed by atoms with van der Waals surface area (Å²) in [5.41, 5.74) is 1.11. The number of carbonyl (C=O) groups is 2. The molecule has 0 aliphatic rings. The van der Waals surface area contributed by atoms with E-state index in [1.807, 2.05) is 12.1 Å². The molecule has 28 heavy (non-hydrogen) atoms. The van der Waals surface area contributed by atoms with Crippen LogP contribution in [-0.4, -0.2) is 30.1 Å². The van der Waals surface area contributed by atoms with Gasteiger partial charge >= 0.3 is 5.97 Å². The monoisotopic (exact) mass is 380 g/mol. The highest BCUT2D eigenvalue weighted by atomic mass is 16.5. The Morgan fingerprint density at radius 2 is 1.82 bits per heavy atom. The number of fused-ring (bicyclic) bond motifs is 1. The van der Waals surface area contributed by atoms with E-state index in [1.165, 1.54) is 13.0 Å². The van der Waals surface area contributed by atoms with Crippen LogP contribution in [-0.2, 0) is 16.1 Å². The number of aromatic amines is 1. The van der Waals surface area contributed by atoms with Crippen molar-refractivity contribution in [3.05, 3.63) is 76.1 Å². The minimum absolute atomic E-state index is 0.120. The van der Waals surface area contributed by atoms with Crippen molar-refractivity contribution < 1.29 is 19.1 Å². The number of H-pyrrole nitrogens is 1. The summed E-state index contributed by atoms with van der Waals surface area (Å²) in [5.74, 6) is -0.435. The van der Waals surface area contributed by atoms with E-state index in [2.05, 4.69) is 10.3 Å². The molecule has 7 nitrogen and oxygen atoms in total. The summed E-state index contributed by atoms with van der Waals surface area (Å²) in [6, 6.07) is 15.3. The second-order valence-electron chi connectivity index (χ2n) is 6.21. The molecule has 0 aliphatic heterocycles. The maximum absolute atomic E-state index is 12.5. The smallest absolute Gasteiger partial charge is 0.339 e. The molecule has 2 aromatic carbocycles. The number of methoxy groups -OCH3 is 1. The van der Waals surface area contributed by atoms with Crippen molar-refractivity contribution in [2.45, 2.75) is 19.6 Å². The van der Waals surface area contributed by atoms with Gasteiger partial charge in [0.25, 0.3) is 5.91 Å². The molecule has 0 bridgehead atoms. The number of ether oxygens (including phenoxy) is 2. The van der Waals surface area contributed by atoms with Gasteiger partial charge in [-0.25, -0.2) is 4.79 Å². The third-order valence-electron chi connectivity index (χ3n) is 4.25. The Morgan fingerprint density at radius 3 is 2.54 bits per heavy atom. The van der Waals surface area contributed by atoms with Crippen LogP contribution in [0.25, 0.3) is 10.9 Å². The summed E-state index contributed by atoms with van der Waals surface area (Å²) in [6.07, 6.45) is -1.01. The van der Waals surface area contributed by atoms with E-state index in [9.17, 15) is 14.4 Å². The molecule has 0 spiro atoms. The van der Waals surface area contributed by atoms with Crippen LogP contribution in [0.15, 0.2) is 59.4 Å². The highest BCUT2D eigenvalue weighted by Crippen LogP contribution is 2.16. The lowest BCUT2D eigenvalue weighted by molar-refractivity contribution is -0.129. The van der Waals surface area contributed by atoms with E-state index in [1.54, 1.807) is 43.5 Å². The quantitative estimate of drug-likeness (QED) is 0.640. The molecule has 0 saturated heterocycles. The zero-order valence-corrected chi connectivity index (χ0v) is 15.5. The van der Waals surface area contributed by atoms with Gasteiger partial charge in [0.1, 0.15) is 5.75 Å². The van der Waals surface area contributed by atoms with E-state index >= 15 is 0 Å². The van der Waals surface area contributed by atoms with Gasteiger partial charge in [-0.1, -0.05) is 30.3 Å². The summed E-state index contributed by atoms with van der Waals surface area (Å²) < 4.78 is 10.4. The van der Waals surface area contributed by atoms with Crippen LogP contribution >= 0.6 is 0 Å². The van der Waals surface area contributed by atoms with Crippen LogP contribution < -0.4 is 15.6 Å².